The van der Waals surface area contributed by atoms with Crippen LogP contribution in [0, 0.1) is 6.92 Å². The number of carbonyl (C=O) groups excluding carboxylic acids is 2. The van der Waals surface area contributed by atoms with Crippen LogP contribution >= 0.6 is 0 Å². The summed E-state index contributed by atoms with van der Waals surface area (Å²) in [6.07, 6.45) is 3.14. The molecule has 7 nitrogen and oxygen atoms in total. The molecule has 1 aromatic rings. The largest absolute Gasteiger partial charge is 0.464 e. The highest BCUT2D eigenvalue weighted by Gasteiger charge is 2.22. The molecule has 0 bridgehead atoms. The molecular weight excluding hydrogens is 236 g/mol. The number of nitrogens with one attached hydrogen (secondary N) is 1. The first-order valence-electron chi connectivity index (χ1n) is 5.52. The van der Waals surface area contributed by atoms with Gasteiger partial charge < -0.3 is 15.8 Å². The molecule has 18 heavy (non-hydrogen) atoms. The molecule has 1 amide bonds. The quantitative estimate of drug-likeness (QED) is 0.529. The third-order valence-corrected chi connectivity index (χ3v) is 2.10. The van der Waals surface area contributed by atoms with E-state index in [1.54, 1.807) is 19.3 Å². The van der Waals surface area contributed by atoms with Gasteiger partial charge in [0.05, 0.1) is 30.7 Å². The number of nitrogens with two attached hydrogens (primary N) is 1. The summed E-state index contributed by atoms with van der Waals surface area (Å²) in [5.74, 6) is -1.35. The summed E-state index contributed by atoms with van der Waals surface area (Å²) in [6.45, 7) is 3.80. The van der Waals surface area contributed by atoms with Crippen molar-refractivity contribution in [2.75, 3.05) is 6.61 Å². The Morgan fingerprint density at radius 2 is 2.17 bits per heavy atom. The second-order valence-electron chi connectivity index (χ2n) is 3.60. The van der Waals surface area contributed by atoms with Crippen LogP contribution in [0.3, 0.4) is 0 Å². The zero-order valence-electron chi connectivity index (χ0n) is 10.3. The van der Waals surface area contributed by atoms with Gasteiger partial charge in [-0.25, -0.2) is 4.79 Å². The van der Waals surface area contributed by atoms with Crippen molar-refractivity contribution in [2.45, 2.75) is 26.4 Å². The van der Waals surface area contributed by atoms with Crippen molar-refractivity contribution < 1.29 is 14.3 Å². The second kappa shape index (κ2) is 6.65. The molecule has 0 fully saturated rings. The van der Waals surface area contributed by atoms with E-state index in [4.69, 9.17) is 5.73 Å². The van der Waals surface area contributed by atoms with E-state index in [-0.39, 0.29) is 13.2 Å². The lowest BCUT2D eigenvalue weighted by Crippen LogP contribution is -2.46. The summed E-state index contributed by atoms with van der Waals surface area (Å²) in [7, 11) is 0. The van der Waals surface area contributed by atoms with E-state index in [0.717, 1.165) is 5.69 Å². The predicted molar refractivity (Wildman–Crippen MR) is 63.2 cm³/mol. The average Bonchev–Trinajstić information content (AvgIpc) is 2.37. The van der Waals surface area contributed by atoms with Crippen molar-refractivity contribution in [2.24, 2.45) is 5.73 Å². The molecular formula is C11H16N4O3. The first-order chi connectivity index (χ1) is 8.54. The molecule has 0 aliphatic rings. The van der Waals surface area contributed by atoms with E-state index < -0.39 is 17.9 Å². The molecule has 1 atom stereocenters. The molecule has 0 aliphatic carbocycles. The third-order valence-electron chi connectivity index (χ3n) is 2.10. The van der Waals surface area contributed by atoms with E-state index in [1.165, 1.54) is 0 Å². The van der Waals surface area contributed by atoms with Crippen LogP contribution in [-0.4, -0.2) is 34.5 Å². The molecule has 3 N–H and O–H groups in total. The Balaban J connectivity index is 2.45. The van der Waals surface area contributed by atoms with Gasteiger partial charge in [-0.05, 0) is 13.8 Å². The van der Waals surface area contributed by atoms with Crippen LogP contribution in [0.2, 0.25) is 0 Å². The van der Waals surface area contributed by atoms with Gasteiger partial charge in [0.2, 0.25) is 5.91 Å². The van der Waals surface area contributed by atoms with Crippen molar-refractivity contribution in [3.63, 3.8) is 0 Å². The normalized spacial score (nSPS) is 11.7. The van der Waals surface area contributed by atoms with E-state index in [0.29, 0.717) is 5.69 Å². The topological polar surface area (TPSA) is 107 Å². The molecule has 1 heterocycles. The van der Waals surface area contributed by atoms with Crippen LogP contribution in [-0.2, 0) is 20.9 Å². The highest BCUT2D eigenvalue weighted by molar-refractivity contribution is 6.01. The fourth-order valence-corrected chi connectivity index (χ4v) is 1.14. The Labute approximate surface area is 105 Å². The Morgan fingerprint density at radius 3 is 2.72 bits per heavy atom. The fourth-order valence-electron chi connectivity index (χ4n) is 1.14. The van der Waals surface area contributed by atoms with Gasteiger partial charge in [0.15, 0.2) is 6.04 Å². The highest BCUT2D eigenvalue weighted by Crippen LogP contribution is 1.94. The SMILES string of the molecule is CCOC(=O)C(N)C(=O)NCc1cnc(C)cn1. The van der Waals surface area contributed by atoms with Gasteiger partial charge in [0, 0.05) is 6.20 Å². The summed E-state index contributed by atoms with van der Waals surface area (Å²) in [4.78, 5) is 30.8. The molecule has 1 aromatic heterocycles. The summed E-state index contributed by atoms with van der Waals surface area (Å²) in [5.41, 5.74) is 6.79. The van der Waals surface area contributed by atoms with Crippen molar-refractivity contribution in [3.05, 3.63) is 23.8 Å². The Morgan fingerprint density at radius 1 is 1.44 bits per heavy atom. The van der Waals surface area contributed by atoms with Gasteiger partial charge in [-0.2, -0.15) is 0 Å². The van der Waals surface area contributed by atoms with Gasteiger partial charge in [0.1, 0.15) is 0 Å². The van der Waals surface area contributed by atoms with Crippen LogP contribution in [0.1, 0.15) is 18.3 Å². The first-order valence-corrected chi connectivity index (χ1v) is 5.52. The molecule has 0 aromatic carbocycles. The van der Waals surface area contributed by atoms with E-state index in [2.05, 4.69) is 20.0 Å². The summed E-state index contributed by atoms with van der Waals surface area (Å²) >= 11 is 0. The predicted octanol–water partition coefficient (Wildman–Crippen LogP) is -0.708. The number of rotatable bonds is 5. The number of nitrogens with zero attached hydrogens (tertiary/aromatic N) is 2. The molecule has 0 saturated carbocycles. The first kappa shape index (κ1) is 14.0. The van der Waals surface area contributed by atoms with Crippen LogP contribution in [0.15, 0.2) is 12.4 Å². The minimum absolute atomic E-state index is 0.166. The molecule has 0 radical (unpaired) electrons. The van der Waals surface area contributed by atoms with Gasteiger partial charge in [-0.3, -0.25) is 14.8 Å². The van der Waals surface area contributed by atoms with Crippen LogP contribution < -0.4 is 11.1 Å². The maximum Gasteiger partial charge on any atom is 0.332 e. The van der Waals surface area contributed by atoms with E-state index in [1.807, 2.05) is 6.92 Å². The third kappa shape index (κ3) is 4.10. The Kier molecular flexibility index (Phi) is 5.19. The number of aromatic nitrogens is 2. The standard InChI is InChI=1S/C11H16N4O3/c1-3-18-11(17)9(12)10(16)15-6-8-5-13-7(2)4-14-8/h4-5,9H,3,6,12H2,1-2H3,(H,15,16). The molecule has 0 saturated heterocycles. The van der Waals surface area contributed by atoms with Crippen molar-refractivity contribution >= 4 is 11.9 Å². The van der Waals surface area contributed by atoms with Gasteiger partial charge in [-0.15, -0.1) is 0 Å². The van der Waals surface area contributed by atoms with Gasteiger partial charge in [-0.1, -0.05) is 0 Å². The van der Waals surface area contributed by atoms with Crippen molar-refractivity contribution in [1.29, 1.82) is 0 Å². The number of amides is 1. The van der Waals surface area contributed by atoms with Crippen LogP contribution in [0.5, 0.6) is 0 Å². The number of ether oxygens (including phenoxy) is 1. The summed E-state index contributed by atoms with van der Waals surface area (Å²) in [5, 5.41) is 2.49. The summed E-state index contributed by atoms with van der Waals surface area (Å²) in [6, 6.07) is -1.32. The Bertz CT molecular complexity index is 419. The Hall–Kier alpha value is -2.02. The zero-order valence-corrected chi connectivity index (χ0v) is 10.3. The number of hydrogen-bond donors (Lipinski definition) is 2. The average molecular weight is 252 g/mol. The lowest BCUT2D eigenvalue weighted by atomic mass is 10.3. The maximum atomic E-state index is 11.5. The summed E-state index contributed by atoms with van der Waals surface area (Å²) < 4.78 is 4.64. The molecule has 0 aliphatic heterocycles. The molecule has 1 rings (SSSR count). The second-order valence-corrected chi connectivity index (χ2v) is 3.60. The number of aryl methyl sites for hydroxylation is 1. The minimum Gasteiger partial charge on any atom is -0.464 e. The monoisotopic (exact) mass is 252 g/mol. The van der Waals surface area contributed by atoms with E-state index >= 15 is 0 Å². The highest BCUT2D eigenvalue weighted by atomic mass is 16.5. The molecule has 98 valence electrons. The molecule has 1 unspecified atom stereocenters. The molecule has 0 spiro atoms. The zero-order chi connectivity index (χ0) is 13.5. The van der Waals surface area contributed by atoms with Crippen molar-refractivity contribution in [3.8, 4) is 0 Å². The van der Waals surface area contributed by atoms with Gasteiger partial charge >= 0.3 is 5.97 Å². The number of esters is 1. The lowest BCUT2D eigenvalue weighted by molar-refractivity contribution is -0.148. The number of carbonyl (C=O) groups is 2. The van der Waals surface area contributed by atoms with Crippen LogP contribution in [0.4, 0.5) is 0 Å². The smallest absolute Gasteiger partial charge is 0.332 e. The maximum absolute atomic E-state index is 11.5. The van der Waals surface area contributed by atoms with Gasteiger partial charge in [0.25, 0.3) is 0 Å². The lowest BCUT2D eigenvalue weighted by Gasteiger charge is -2.10. The number of hydrogen-bond acceptors (Lipinski definition) is 6. The van der Waals surface area contributed by atoms with E-state index in [9.17, 15) is 9.59 Å². The van der Waals surface area contributed by atoms with Crippen molar-refractivity contribution in [1.82, 2.24) is 15.3 Å². The minimum atomic E-state index is -1.32. The van der Waals surface area contributed by atoms with Crippen LogP contribution in [0.25, 0.3) is 0 Å². The fraction of sp³-hybridized carbons (Fsp3) is 0.455. The molecule has 7 heteroatoms.